The van der Waals surface area contributed by atoms with Gasteiger partial charge in [0.05, 0.1) is 50.0 Å². The molecular weight excluding hydrogens is 556 g/mol. The van der Waals surface area contributed by atoms with Crippen LogP contribution in [0.25, 0.3) is 33.4 Å². The van der Waals surface area contributed by atoms with Crippen LogP contribution in [0.3, 0.4) is 0 Å². The molecule has 5 rings (SSSR count). The van der Waals surface area contributed by atoms with E-state index in [9.17, 15) is 12.8 Å². The molecule has 3 N–H and O–H groups in total. The molecule has 0 amide bonds. The number of ether oxygens (including phenoxy) is 2. The predicted octanol–water partition coefficient (Wildman–Crippen LogP) is 3.81. The van der Waals surface area contributed by atoms with Crippen molar-refractivity contribution in [1.29, 1.82) is 0 Å². The number of aromatic nitrogens is 4. The number of anilines is 3. The Morgan fingerprint density at radius 1 is 1.20 bits per heavy atom. The largest absolute Gasteiger partial charge is 0.494 e. The van der Waals surface area contributed by atoms with Crippen LogP contribution in [-0.2, 0) is 14.8 Å². The molecule has 41 heavy (non-hydrogen) atoms. The SMILES string of the molecule is COc1cc(-c2cccc(NS(=O)(=O)CCCF)c2F)cc2c(N3CCOC[C@@H]3C)nc(-c3cnc(N)nc3)nc12. The molecule has 3 heterocycles. The fourth-order valence-electron chi connectivity index (χ4n) is 4.64. The number of sulfonamides is 1. The zero-order valence-corrected chi connectivity index (χ0v) is 23.3. The lowest BCUT2D eigenvalue weighted by Crippen LogP contribution is -2.44. The molecule has 216 valence electrons. The minimum absolute atomic E-state index is 0.0224. The number of nitrogen functional groups attached to an aromatic ring is 1. The molecule has 1 aliphatic heterocycles. The lowest BCUT2D eigenvalue weighted by atomic mass is 10.0. The summed E-state index contributed by atoms with van der Waals surface area (Å²) in [6.07, 6.45) is 2.88. The summed E-state index contributed by atoms with van der Waals surface area (Å²) in [6, 6.07) is 7.74. The number of halogens is 2. The summed E-state index contributed by atoms with van der Waals surface area (Å²) in [5.74, 6) is 0.169. The van der Waals surface area contributed by atoms with Gasteiger partial charge in [0.25, 0.3) is 0 Å². The highest BCUT2D eigenvalue weighted by Crippen LogP contribution is 2.39. The van der Waals surface area contributed by atoms with Crippen LogP contribution in [0.1, 0.15) is 13.3 Å². The molecule has 1 aliphatic rings. The number of fused-ring (bicyclic) bond motifs is 1. The molecule has 11 nitrogen and oxygen atoms in total. The Hall–Kier alpha value is -4.17. The molecule has 2 aromatic heterocycles. The molecule has 4 aromatic rings. The van der Waals surface area contributed by atoms with E-state index in [1.54, 1.807) is 12.1 Å². The second-order valence-electron chi connectivity index (χ2n) is 9.52. The van der Waals surface area contributed by atoms with Gasteiger partial charge in [0, 0.05) is 29.9 Å². The second-order valence-corrected chi connectivity index (χ2v) is 11.4. The van der Waals surface area contributed by atoms with Crippen molar-refractivity contribution in [2.45, 2.75) is 19.4 Å². The van der Waals surface area contributed by atoms with Crippen molar-refractivity contribution >= 4 is 38.4 Å². The average Bonchev–Trinajstić information content (AvgIpc) is 2.97. The summed E-state index contributed by atoms with van der Waals surface area (Å²) in [5.41, 5.74) is 7.01. The van der Waals surface area contributed by atoms with Gasteiger partial charge in [-0.25, -0.2) is 32.7 Å². The molecule has 0 spiro atoms. The molecule has 1 fully saturated rings. The fourth-order valence-corrected chi connectivity index (χ4v) is 5.72. The smallest absolute Gasteiger partial charge is 0.232 e. The first-order valence-electron chi connectivity index (χ1n) is 12.9. The van der Waals surface area contributed by atoms with Crippen molar-refractivity contribution in [2.75, 3.05) is 54.7 Å². The molecule has 0 saturated carbocycles. The number of alkyl halides is 1. The van der Waals surface area contributed by atoms with E-state index in [4.69, 9.17) is 25.2 Å². The number of hydrogen-bond acceptors (Lipinski definition) is 10. The van der Waals surface area contributed by atoms with E-state index in [0.717, 1.165) is 0 Å². The molecule has 14 heteroatoms. The van der Waals surface area contributed by atoms with E-state index < -0.39 is 28.3 Å². The third-order valence-electron chi connectivity index (χ3n) is 6.66. The quantitative estimate of drug-likeness (QED) is 0.297. The van der Waals surface area contributed by atoms with Crippen LogP contribution in [0.4, 0.5) is 26.2 Å². The Morgan fingerprint density at radius 2 is 1.98 bits per heavy atom. The number of nitrogens with two attached hydrogens (primary N) is 1. The summed E-state index contributed by atoms with van der Waals surface area (Å²) in [6.45, 7) is 2.76. The van der Waals surface area contributed by atoms with Gasteiger partial charge in [0.2, 0.25) is 16.0 Å². The number of rotatable bonds is 9. The minimum atomic E-state index is -3.94. The van der Waals surface area contributed by atoms with Crippen LogP contribution in [0.2, 0.25) is 0 Å². The highest BCUT2D eigenvalue weighted by molar-refractivity contribution is 7.92. The topological polar surface area (TPSA) is 145 Å². The summed E-state index contributed by atoms with van der Waals surface area (Å²) in [5, 5.41) is 0.599. The van der Waals surface area contributed by atoms with E-state index >= 15 is 4.39 Å². The first-order chi connectivity index (χ1) is 19.7. The highest BCUT2D eigenvalue weighted by atomic mass is 32.2. The fraction of sp³-hybridized carbons (Fsp3) is 0.333. The Bertz CT molecular complexity index is 1670. The van der Waals surface area contributed by atoms with Crippen LogP contribution < -0.4 is 20.1 Å². The standard InChI is InChI=1S/C27H29F2N7O4S/c1-16-15-40-9-8-36(16)26-20-11-17(19-5-3-6-21(23(19)29)35-41(37,38)10-4-7-28)12-22(39-2)24(20)33-25(34-26)18-13-31-27(30)32-14-18/h3,5-6,11-14,16,35H,4,7-10,15H2,1-2H3,(H2,30,31,32)/t16-/m0/s1. The van der Waals surface area contributed by atoms with Crippen LogP contribution >= 0.6 is 0 Å². The van der Waals surface area contributed by atoms with Crippen LogP contribution in [-0.4, -0.2) is 73.7 Å². The van der Waals surface area contributed by atoms with Crippen LogP contribution in [0.5, 0.6) is 5.75 Å². The van der Waals surface area contributed by atoms with Gasteiger partial charge in [-0.05, 0) is 37.1 Å². The van der Waals surface area contributed by atoms with E-state index in [-0.39, 0.29) is 29.7 Å². The maximum Gasteiger partial charge on any atom is 0.232 e. The lowest BCUT2D eigenvalue weighted by Gasteiger charge is -2.35. The van der Waals surface area contributed by atoms with Crippen LogP contribution in [0, 0.1) is 5.82 Å². The molecule has 0 radical (unpaired) electrons. The van der Waals surface area contributed by atoms with Gasteiger partial charge in [-0.1, -0.05) is 12.1 Å². The second kappa shape index (κ2) is 11.7. The minimum Gasteiger partial charge on any atom is -0.494 e. The Morgan fingerprint density at radius 3 is 2.68 bits per heavy atom. The van der Waals surface area contributed by atoms with Gasteiger partial charge in [-0.3, -0.25) is 9.11 Å². The summed E-state index contributed by atoms with van der Waals surface area (Å²) >= 11 is 0. The molecule has 0 unspecified atom stereocenters. The van der Waals surface area contributed by atoms with Gasteiger partial charge < -0.3 is 20.1 Å². The van der Waals surface area contributed by atoms with Crippen molar-refractivity contribution < 1.29 is 26.7 Å². The van der Waals surface area contributed by atoms with Gasteiger partial charge >= 0.3 is 0 Å². The third-order valence-corrected chi connectivity index (χ3v) is 8.01. The molecule has 2 aromatic carbocycles. The van der Waals surface area contributed by atoms with Crippen molar-refractivity contribution in [3.05, 3.63) is 48.5 Å². The van der Waals surface area contributed by atoms with Gasteiger partial charge in [0.15, 0.2) is 11.6 Å². The third kappa shape index (κ3) is 5.98. The normalized spacial score (nSPS) is 15.7. The van der Waals surface area contributed by atoms with Crippen molar-refractivity contribution in [1.82, 2.24) is 19.9 Å². The summed E-state index contributed by atoms with van der Waals surface area (Å²) in [7, 11) is -2.46. The molecule has 1 atom stereocenters. The number of methoxy groups -OCH3 is 1. The molecular formula is C27H29F2N7O4S. The monoisotopic (exact) mass is 585 g/mol. The number of hydrogen-bond donors (Lipinski definition) is 2. The lowest BCUT2D eigenvalue weighted by molar-refractivity contribution is 0.0987. The maximum absolute atomic E-state index is 15.8. The number of nitrogens with one attached hydrogen (secondary N) is 1. The zero-order chi connectivity index (χ0) is 29.1. The number of nitrogens with zero attached hydrogens (tertiary/aromatic N) is 5. The Labute approximate surface area is 235 Å². The highest BCUT2D eigenvalue weighted by Gasteiger charge is 2.26. The predicted molar refractivity (Wildman–Crippen MR) is 153 cm³/mol. The molecule has 0 aliphatic carbocycles. The molecule has 1 saturated heterocycles. The van der Waals surface area contributed by atoms with E-state index in [0.29, 0.717) is 59.2 Å². The van der Waals surface area contributed by atoms with Gasteiger partial charge in [0.1, 0.15) is 17.1 Å². The average molecular weight is 586 g/mol. The van der Waals surface area contributed by atoms with Crippen molar-refractivity contribution in [3.8, 4) is 28.3 Å². The van der Waals surface area contributed by atoms with Gasteiger partial charge in [-0.15, -0.1) is 0 Å². The first-order valence-corrected chi connectivity index (χ1v) is 14.5. The number of morpholine rings is 1. The van der Waals surface area contributed by atoms with E-state index in [2.05, 4.69) is 19.6 Å². The molecule has 0 bridgehead atoms. The summed E-state index contributed by atoms with van der Waals surface area (Å²) in [4.78, 5) is 19.8. The first kappa shape index (κ1) is 28.4. The van der Waals surface area contributed by atoms with Crippen molar-refractivity contribution in [3.63, 3.8) is 0 Å². The zero-order valence-electron chi connectivity index (χ0n) is 22.5. The number of benzene rings is 2. The Balaban J connectivity index is 1.68. The summed E-state index contributed by atoms with van der Waals surface area (Å²) < 4.78 is 66.6. The van der Waals surface area contributed by atoms with E-state index in [1.807, 2.05) is 6.92 Å². The van der Waals surface area contributed by atoms with Gasteiger partial charge in [-0.2, -0.15) is 0 Å². The Kier molecular flexibility index (Phi) is 8.13. The van der Waals surface area contributed by atoms with E-state index in [1.165, 1.54) is 37.7 Å². The van der Waals surface area contributed by atoms with Crippen LogP contribution in [0.15, 0.2) is 42.7 Å². The maximum atomic E-state index is 15.8. The van der Waals surface area contributed by atoms with Crippen molar-refractivity contribution in [2.24, 2.45) is 0 Å².